The summed E-state index contributed by atoms with van der Waals surface area (Å²) in [6.45, 7) is 2.39. The topological polar surface area (TPSA) is 89.4 Å². The Labute approximate surface area is 152 Å². The van der Waals surface area contributed by atoms with Crippen molar-refractivity contribution >= 4 is 28.1 Å². The summed E-state index contributed by atoms with van der Waals surface area (Å²) in [5.41, 5.74) is 3.50. The first-order valence-corrected chi connectivity index (χ1v) is 8.26. The highest BCUT2D eigenvalue weighted by Crippen LogP contribution is 2.35. The highest BCUT2D eigenvalue weighted by atomic mass is 79.9. The number of fused-ring (bicyclic) bond motifs is 1. The van der Waals surface area contributed by atoms with Gasteiger partial charge in [-0.25, -0.2) is 5.43 Å². The second-order valence-corrected chi connectivity index (χ2v) is 5.90. The van der Waals surface area contributed by atoms with Gasteiger partial charge in [0.15, 0.2) is 23.0 Å². The molecule has 130 valence electrons. The summed E-state index contributed by atoms with van der Waals surface area (Å²) in [4.78, 5) is 12.1. The summed E-state index contributed by atoms with van der Waals surface area (Å²) in [5, 5.41) is 13.8. The van der Waals surface area contributed by atoms with Crippen molar-refractivity contribution < 1.29 is 24.1 Å². The molecule has 1 aliphatic heterocycles. The van der Waals surface area contributed by atoms with Crippen molar-refractivity contribution in [3.8, 4) is 23.0 Å². The van der Waals surface area contributed by atoms with E-state index in [9.17, 15) is 9.90 Å². The van der Waals surface area contributed by atoms with Crippen LogP contribution in [0.5, 0.6) is 23.0 Å². The quantitative estimate of drug-likeness (QED) is 0.588. The smallest absolute Gasteiger partial charge is 0.271 e. The van der Waals surface area contributed by atoms with E-state index < -0.39 is 0 Å². The largest absolute Gasteiger partial charge is 0.503 e. The van der Waals surface area contributed by atoms with Crippen LogP contribution in [0.2, 0.25) is 0 Å². The number of hydrogen-bond donors (Lipinski definition) is 2. The van der Waals surface area contributed by atoms with Gasteiger partial charge < -0.3 is 19.3 Å². The number of benzene rings is 2. The number of amides is 1. The number of aromatic hydroxyl groups is 1. The molecule has 0 bridgehead atoms. The zero-order valence-corrected chi connectivity index (χ0v) is 14.9. The maximum atomic E-state index is 12.1. The van der Waals surface area contributed by atoms with Crippen molar-refractivity contribution in [1.29, 1.82) is 0 Å². The Bertz CT molecular complexity index is 838. The molecule has 2 aromatic carbocycles. The molecule has 25 heavy (non-hydrogen) atoms. The highest BCUT2D eigenvalue weighted by molar-refractivity contribution is 9.10. The lowest BCUT2D eigenvalue weighted by Gasteiger charge is -2.08. The predicted molar refractivity (Wildman–Crippen MR) is 94.6 cm³/mol. The Morgan fingerprint density at radius 3 is 2.96 bits per heavy atom. The van der Waals surface area contributed by atoms with Gasteiger partial charge in [-0.1, -0.05) is 0 Å². The Morgan fingerprint density at radius 2 is 2.16 bits per heavy atom. The zero-order chi connectivity index (χ0) is 17.8. The molecular weight excluding hydrogens is 392 g/mol. The molecule has 2 N–H and O–H groups in total. The van der Waals surface area contributed by atoms with Crippen molar-refractivity contribution in [2.75, 3.05) is 13.4 Å². The van der Waals surface area contributed by atoms with Crippen LogP contribution < -0.4 is 19.6 Å². The van der Waals surface area contributed by atoms with Crippen LogP contribution in [-0.2, 0) is 0 Å². The van der Waals surface area contributed by atoms with Crippen LogP contribution in [-0.4, -0.2) is 30.6 Å². The number of halogens is 1. The number of carbonyl (C=O) groups is 1. The first kappa shape index (κ1) is 17.1. The highest BCUT2D eigenvalue weighted by Gasteiger charge is 2.16. The molecule has 0 fully saturated rings. The second kappa shape index (κ2) is 7.43. The van der Waals surface area contributed by atoms with Gasteiger partial charge in [0.05, 0.1) is 17.3 Å². The molecule has 2 aromatic rings. The molecule has 0 radical (unpaired) electrons. The maximum Gasteiger partial charge on any atom is 0.271 e. The zero-order valence-electron chi connectivity index (χ0n) is 13.3. The van der Waals surface area contributed by atoms with E-state index in [4.69, 9.17) is 14.2 Å². The van der Waals surface area contributed by atoms with Gasteiger partial charge in [0.1, 0.15) is 0 Å². The van der Waals surface area contributed by atoms with Crippen LogP contribution in [0.25, 0.3) is 0 Å². The predicted octanol–water partition coefficient (Wildman–Crippen LogP) is 3.05. The molecule has 1 amide bonds. The van der Waals surface area contributed by atoms with E-state index in [1.807, 2.05) is 6.92 Å². The van der Waals surface area contributed by atoms with Gasteiger partial charge in [-0.15, -0.1) is 0 Å². The van der Waals surface area contributed by atoms with Crippen molar-refractivity contribution in [3.05, 3.63) is 45.9 Å². The number of phenols is 1. The standard InChI is InChI=1S/C17H15BrN2O5/c1-2-23-15-6-10(5-12(18)16(15)21)8-19-20-17(22)11-3-4-13-14(7-11)25-9-24-13/h3-8,21H,2,9H2,1H3,(H,20,22). The number of phenolic OH excluding ortho intramolecular Hbond substituents is 1. The Balaban J connectivity index is 1.69. The average Bonchev–Trinajstić information content (AvgIpc) is 3.07. The van der Waals surface area contributed by atoms with Crippen LogP contribution in [0.3, 0.4) is 0 Å². The molecule has 8 heteroatoms. The van der Waals surface area contributed by atoms with Gasteiger partial charge in [0.2, 0.25) is 6.79 Å². The molecule has 0 unspecified atom stereocenters. The van der Waals surface area contributed by atoms with Gasteiger partial charge in [-0.2, -0.15) is 5.10 Å². The molecule has 0 aliphatic carbocycles. The Kier molecular flexibility index (Phi) is 5.08. The van der Waals surface area contributed by atoms with Crippen LogP contribution in [0.4, 0.5) is 0 Å². The number of hydrogen-bond acceptors (Lipinski definition) is 6. The van der Waals surface area contributed by atoms with Gasteiger partial charge in [-0.05, 0) is 58.7 Å². The maximum absolute atomic E-state index is 12.1. The number of hydrazone groups is 1. The molecular formula is C17H15BrN2O5. The van der Waals surface area contributed by atoms with Gasteiger partial charge in [-0.3, -0.25) is 4.79 Å². The van der Waals surface area contributed by atoms with E-state index in [1.54, 1.807) is 30.3 Å². The Morgan fingerprint density at radius 1 is 1.36 bits per heavy atom. The first-order chi connectivity index (χ1) is 12.1. The van der Waals surface area contributed by atoms with E-state index in [0.717, 1.165) is 0 Å². The van der Waals surface area contributed by atoms with Crippen molar-refractivity contribution in [3.63, 3.8) is 0 Å². The third-order valence-corrected chi connectivity index (χ3v) is 3.97. The lowest BCUT2D eigenvalue weighted by Crippen LogP contribution is -2.17. The number of carbonyl (C=O) groups excluding carboxylic acids is 1. The lowest BCUT2D eigenvalue weighted by molar-refractivity contribution is 0.0954. The minimum Gasteiger partial charge on any atom is -0.503 e. The minimum atomic E-state index is -0.377. The summed E-state index contributed by atoms with van der Waals surface area (Å²) < 4.78 is 16.3. The van der Waals surface area contributed by atoms with E-state index in [0.29, 0.717) is 39.5 Å². The summed E-state index contributed by atoms with van der Waals surface area (Å²) in [5.74, 6) is 1.11. The molecule has 3 rings (SSSR count). The van der Waals surface area contributed by atoms with Crippen molar-refractivity contribution in [2.45, 2.75) is 6.92 Å². The van der Waals surface area contributed by atoms with E-state index >= 15 is 0 Å². The summed E-state index contributed by atoms with van der Waals surface area (Å²) >= 11 is 3.25. The number of nitrogens with zero attached hydrogens (tertiary/aromatic N) is 1. The van der Waals surface area contributed by atoms with Gasteiger partial charge in [0.25, 0.3) is 5.91 Å². The average molecular weight is 407 g/mol. The lowest BCUT2D eigenvalue weighted by atomic mass is 10.2. The molecule has 0 aromatic heterocycles. The van der Waals surface area contributed by atoms with Crippen molar-refractivity contribution in [2.24, 2.45) is 5.10 Å². The molecule has 0 spiro atoms. The van der Waals surface area contributed by atoms with Crippen LogP contribution in [0.1, 0.15) is 22.8 Å². The van der Waals surface area contributed by atoms with Crippen LogP contribution in [0.15, 0.2) is 39.9 Å². The molecule has 0 saturated heterocycles. The number of nitrogens with one attached hydrogen (secondary N) is 1. The third kappa shape index (κ3) is 3.85. The molecule has 0 saturated carbocycles. The van der Waals surface area contributed by atoms with Crippen LogP contribution >= 0.6 is 15.9 Å². The summed E-state index contributed by atoms with van der Waals surface area (Å²) in [6, 6.07) is 8.18. The summed E-state index contributed by atoms with van der Waals surface area (Å²) in [6.07, 6.45) is 1.46. The van der Waals surface area contributed by atoms with E-state index in [-0.39, 0.29) is 18.4 Å². The SMILES string of the molecule is CCOc1cc(C=NNC(=O)c2ccc3c(c2)OCO3)cc(Br)c1O. The number of rotatable bonds is 5. The van der Waals surface area contributed by atoms with Crippen molar-refractivity contribution in [1.82, 2.24) is 5.43 Å². The van der Waals surface area contributed by atoms with Gasteiger partial charge in [0, 0.05) is 5.56 Å². The fourth-order valence-corrected chi connectivity index (χ4v) is 2.66. The Hall–Kier alpha value is -2.74. The monoisotopic (exact) mass is 406 g/mol. The fourth-order valence-electron chi connectivity index (χ4n) is 2.20. The van der Waals surface area contributed by atoms with E-state index in [1.165, 1.54) is 6.21 Å². The molecule has 0 atom stereocenters. The molecule has 1 heterocycles. The molecule has 7 nitrogen and oxygen atoms in total. The minimum absolute atomic E-state index is 0.0170. The van der Waals surface area contributed by atoms with Gasteiger partial charge >= 0.3 is 0 Å². The van der Waals surface area contributed by atoms with E-state index in [2.05, 4.69) is 26.5 Å². The second-order valence-electron chi connectivity index (χ2n) is 5.05. The normalized spacial score (nSPS) is 12.4. The first-order valence-electron chi connectivity index (χ1n) is 7.47. The summed E-state index contributed by atoms with van der Waals surface area (Å²) in [7, 11) is 0. The van der Waals surface area contributed by atoms with Crippen LogP contribution in [0, 0.1) is 0 Å². The third-order valence-electron chi connectivity index (χ3n) is 3.37. The molecule has 1 aliphatic rings. The fraction of sp³-hybridized carbons (Fsp3) is 0.176. The number of ether oxygens (including phenoxy) is 3.